The van der Waals surface area contributed by atoms with Gasteiger partial charge in [0.2, 0.25) is 5.95 Å². The summed E-state index contributed by atoms with van der Waals surface area (Å²) in [5, 5.41) is 8.02. The summed E-state index contributed by atoms with van der Waals surface area (Å²) in [6.07, 6.45) is 2.74. The summed E-state index contributed by atoms with van der Waals surface area (Å²) in [6, 6.07) is 15.6. The predicted octanol–water partition coefficient (Wildman–Crippen LogP) is 3.65. The largest absolute Gasteiger partial charge is 0.378 e. The lowest BCUT2D eigenvalue weighted by Crippen LogP contribution is -2.56. The highest BCUT2D eigenvalue weighted by atomic mass is 16.5. The average Bonchev–Trinajstić information content (AvgIpc) is 3.21. The Morgan fingerprint density at radius 1 is 1.03 bits per heavy atom. The first kappa shape index (κ1) is 20.0. The second-order valence-electron chi connectivity index (χ2n) is 8.43. The highest BCUT2D eigenvalue weighted by Crippen LogP contribution is 2.26. The molecule has 0 amide bonds. The van der Waals surface area contributed by atoms with Gasteiger partial charge in [0.15, 0.2) is 0 Å². The van der Waals surface area contributed by atoms with Crippen LogP contribution in [0.15, 0.2) is 48.8 Å². The van der Waals surface area contributed by atoms with Crippen molar-refractivity contribution in [3.8, 4) is 5.69 Å². The number of piperazine rings is 1. The Hall–Kier alpha value is -2.90. The third kappa shape index (κ3) is 4.43. The maximum Gasteiger partial charge on any atom is 0.246 e. The zero-order valence-corrected chi connectivity index (χ0v) is 18.3. The number of aromatic nitrogens is 3. The van der Waals surface area contributed by atoms with Crippen molar-refractivity contribution in [1.29, 1.82) is 0 Å². The first-order chi connectivity index (χ1) is 15.2. The van der Waals surface area contributed by atoms with Crippen molar-refractivity contribution >= 4 is 17.3 Å². The normalized spacial score (nSPS) is 17.5. The second kappa shape index (κ2) is 8.69. The molecule has 0 aliphatic carbocycles. The van der Waals surface area contributed by atoms with Crippen LogP contribution < -0.4 is 10.2 Å². The highest BCUT2D eigenvalue weighted by molar-refractivity contribution is 5.64. The number of rotatable bonds is 6. The summed E-state index contributed by atoms with van der Waals surface area (Å²) in [5.41, 5.74) is 5.85. The number of nitrogens with one attached hydrogen (secondary N) is 1. The Balaban J connectivity index is 0.00000245. The standard InChI is InChI=1S/C24H30N6O.H2/c1-3-19-12-20(26-24-25-17-30(27-24)21-6-4-18(2)5-7-21)14-22(13-19)28-8-10-29(11-9-28)23-15-31-16-23;/h4-7,12-14,17,23H,3,8-11,15-16H2,1-2H3,(H,26,27);1H. The number of benzene rings is 2. The predicted molar refractivity (Wildman–Crippen MR) is 126 cm³/mol. The molecule has 7 nitrogen and oxygen atoms in total. The van der Waals surface area contributed by atoms with Gasteiger partial charge in [-0.2, -0.15) is 4.98 Å². The zero-order valence-electron chi connectivity index (χ0n) is 18.3. The lowest BCUT2D eigenvalue weighted by atomic mass is 10.1. The van der Waals surface area contributed by atoms with Gasteiger partial charge < -0.3 is 15.0 Å². The molecule has 3 heterocycles. The van der Waals surface area contributed by atoms with Gasteiger partial charge >= 0.3 is 0 Å². The third-order valence-corrected chi connectivity index (χ3v) is 6.25. The summed E-state index contributed by atoms with van der Waals surface area (Å²) in [6.45, 7) is 10.3. The number of nitrogens with zero attached hydrogens (tertiary/aromatic N) is 5. The molecule has 2 saturated heterocycles. The van der Waals surface area contributed by atoms with E-state index < -0.39 is 0 Å². The summed E-state index contributed by atoms with van der Waals surface area (Å²) in [5.74, 6) is 0.606. The van der Waals surface area contributed by atoms with Gasteiger partial charge in [0.1, 0.15) is 6.33 Å². The lowest BCUT2D eigenvalue weighted by Gasteiger charge is -2.43. The van der Waals surface area contributed by atoms with Gasteiger partial charge in [-0.25, -0.2) is 4.68 Å². The minimum absolute atomic E-state index is 0. The van der Waals surface area contributed by atoms with Gasteiger partial charge in [0.05, 0.1) is 24.9 Å². The molecule has 1 aromatic heterocycles. The minimum atomic E-state index is 0. The van der Waals surface area contributed by atoms with Crippen LogP contribution >= 0.6 is 0 Å². The first-order valence-corrected chi connectivity index (χ1v) is 11.1. The van der Waals surface area contributed by atoms with Crippen LogP contribution in [0.25, 0.3) is 5.69 Å². The third-order valence-electron chi connectivity index (χ3n) is 6.25. The van der Waals surface area contributed by atoms with Crippen molar-refractivity contribution in [2.45, 2.75) is 26.3 Å². The molecule has 0 atom stereocenters. The molecular formula is C24H32N6O. The van der Waals surface area contributed by atoms with E-state index in [1.165, 1.54) is 16.8 Å². The molecule has 0 saturated carbocycles. The number of aryl methyl sites for hydroxylation is 2. The van der Waals surface area contributed by atoms with Crippen LogP contribution in [0.4, 0.5) is 17.3 Å². The van der Waals surface area contributed by atoms with Crippen LogP contribution in [0.5, 0.6) is 0 Å². The molecular weight excluding hydrogens is 388 g/mol. The van der Waals surface area contributed by atoms with Crippen LogP contribution in [-0.4, -0.2) is 65.1 Å². The Morgan fingerprint density at radius 2 is 1.81 bits per heavy atom. The highest BCUT2D eigenvalue weighted by Gasteiger charge is 2.29. The number of ether oxygens (including phenoxy) is 1. The van der Waals surface area contributed by atoms with E-state index in [2.05, 4.69) is 81.5 Å². The van der Waals surface area contributed by atoms with E-state index >= 15 is 0 Å². The Morgan fingerprint density at radius 3 is 2.48 bits per heavy atom. The average molecular weight is 421 g/mol. The molecule has 2 fully saturated rings. The van der Waals surface area contributed by atoms with Gasteiger partial charge in [0.25, 0.3) is 0 Å². The van der Waals surface area contributed by atoms with Crippen LogP contribution in [0.3, 0.4) is 0 Å². The molecule has 0 radical (unpaired) electrons. The van der Waals surface area contributed by atoms with Gasteiger partial charge in [-0.15, -0.1) is 5.10 Å². The number of hydrogen-bond donors (Lipinski definition) is 1. The Bertz CT molecular complexity index is 1030. The van der Waals surface area contributed by atoms with Crippen molar-refractivity contribution in [3.05, 3.63) is 59.9 Å². The summed E-state index contributed by atoms with van der Waals surface area (Å²) >= 11 is 0. The smallest absolute Gasteiger partial charge is 0.246 e. The Kier molecular flexibility index (Phi) is 5.61. The molecule has 2 aromatic carbocycles. The Labute approximate surface area is 185 Å². The molecule has 0 spiro atoms. The topological polar surface area (TPSA) is 58.5 Å². The van der Waals surface area contributed by atoms with E-state index in [0.29, 0.717) is 12.0 Å². The first-order valence-electron chi connectivity index (χ1n) is 11.1. The van der Waals surface area contributed by atoms with Crippen LogP contribution in [0.2, 0.25) is 0 Å². The molecule has 0 bridgehead atoms. The molecule has 0 unspecified atom stereocenters. The second-order valence-corrected chi connectivity index (χ2v) is 8.43. The van der Waals surface area contributed by atoms with E-state index in [0.717, 1.165) is 57.2 Å². The monoisotopic (exact) mass is 420 g/mol. The van der Waals surface area contributed by atoms with Crippen LogP contribution in [0.1, 0.15) is 19.5 Å². The van der Waals surface area contributed by atoms with Gasteiger partial charge in [-0.05, 0) is 49.2 Å². The number of anilines is 3. The van der Waals surface area contributed by atoms with Crippen LogP contribution in [-0.2, 0) is 11.2 Å². The van der Waals surface area contributed by atoms with Crippen LogP contribution in [0, 0.1) is 6.92 Å². The molecule has 3 aromatic rings. The van der Waals surface area contributed by atoms with Gasteiger partial charge in [-0.1, -0.05) is 24.6 Å². The molecule has 2 aliphatic heterocycles. The van der Waals surface area contributed by atoms with E-state index in [1.54, 1.807) is 11.0 Å². The van der Waals surface area contributed by atoms with Crippen molar-refractivity contribution in [1.82, 2.24) is 19.7 Å². The number of hydrogen-bond acceptors (Lipinski definition) is 6. The van der Waals surface area contributed by atoms with E-state index in [-0.39, 0.29) is 1.43 Å². The molecule has 7 heteroatoms. The van der Waals surface area contributed by atoms with E-state index in [4.69, 9.17) is 4.74 Å². The summed E-state index contributed by atoms with van der Waals surface area (Å²) < 4.78 is 7.16. The maximum absolute atomic E-state index is 5.36. The maximum atomic E-state index is 5.36. The summed E-state index contributed by atoms with van der Waals surface area (Å²) in [7, 11) is 0. The SMILES string of the molecule is CCc1cc(Nc2ncn(-c3ccc(C)cc3)n2)cc(N2CCN(C3COC3)CC2)c1.[HH]. The van der Waals surface area contributed by atoms with Gasteiger partial charge in [-0.3, -0.25) is 4.90 Å². The van der Waals surface area contributed by atoms with E-state index in [1.807, 2.05) is 0 Å². The lowest BCUT2D eigenvalue weighted by molar-refractivity contribution is -0.0660. The van der Waals surface area contributed by atoms with Gasteiger partial charge in [0, 0.05) is 39.0 Å². The van der Waals surface area contributed by atoms with Crippen molar-refractivity contribution in [2.75, 3.05) is 49.6 Å². The molecule has 31 heavy (non-hydrogen) atoms. The quantitative estimate of drug-likeness (QED) is 0.657. The van der Waals surface area contributed by atoms with E-state index in [9.17, 15) is 0 Å². The fourth-order valence-electron chi connectivity index (χ4n) is 4.18. The van der Waals surface area contributed by atoms with Crippen molar-refractivity contribution in [2.24, 2.45) is 0 Å². The molecule has 2 aliphatic rings. The molecule has 5 rings (SSSR count). The molecule has 164 valence electrons. The van der Waals surface area contributed by atoms with Crippen molar-refractivity contribution < 1.29 is 6.16 Å². The van der Waals surface area contributed by atoms with Crippen molar-refractivity contribution in [3.63, 3.8) is 0 Å². The zero-order chi connectivity index (χ0) is 21.2. The fraction of sp³-hybridized carbons (Fsp3) is 0.417. The fourth-order valence-corrected chi connectivity index (χ4v) is 4.18. The minimum Gasteiger partial charge on any atom is -0.378 e. The molecule has 1 N–H and O–H groups in total. The summed E-state index contributed by atoms with van der Waals surface area (Å²) in [4.78, 5) is 9.51.